The molecule has 0 aliphatic carbocycles. The van der Waals surface area contributed by atoms with Gasteiger partial charge in [-0.2, -0.15) is 5.10 Å². The third-order valence-corrected chi connectivity index (χ3v) is 6.13. The van der Waals surface area contributed by atoms with Gasteiger partial charge in [-0.25, -0.2) is 4.39 Å². The molecule has 0 radical (unpaired) electrons. The van der Waals surface area contributed by atoms with Gasteiger partial charge in [0.05, 0.1) is 5.52 Å². The molecule has 0 bridgehead atoms. The summed E-state index contributed by atoms with van der Waals surface area (Å²) in [7, 11) is 2.22. The quantitative estimate of drug-likeness (QED) is 0.417. The minimum Gasteiger partial charge on any atom is -0.299 e. The largest absolute Gasteiger partial charge is 0.299 e. The minimum absolute atomic E-state index is 0.261. The van der Waals surface area contributed by atoms with Crippen LogP contribution in [0.4, 0.5) is 4.39 Å². The van der Waals surface area contributed by atoms with E-state index in [1.54, 1.807) is 12.1 Å². The Labute approximate surface area is 181 Å². The Morgan fingerprint density at radius 1 is 0.935 bits per heavy atom. The fourth-order valence-electron chi connectivity index (χ4n) is 4.35. The maximum absolute atomic E-state index is 13.1. The molecule has 5 rings (SSSR count). The lowest BCUT2D eigenvalue weighted by Crippen LogP contribution is -2.29. The molecule has 1 fully saturated rings. The molecule has 1 saturated heterocycles. The number of nitrogens with zero attached hydrogens (tertiary/aromatic N) is 2. The van der Waals surface area contributed by atoms with Crippen molar-refractivity contribution in [2.45, 2.75) is 25.3 Å². The molecule has 1 N–H and O–H groups in total. The van der Waals surface area contributed by atoms with Gasteiger partial charge in [0.1, 0.15) is 11.5 Å². The van der Waals surface area contributed by atoms with Crippen molar-refractivity contribution in [3.05, 3.63) is 89.4 Å². The molecule has 1 aromatic heterocycles. The molecule has 2 heterocycles. The topological polar surface area (TPSA) is 31.9 Å². The zero-order chi connectivity index (χ0) is 21.2. The average molecular weight is 410 g/mol. The summed E-state index contributed by atoms with van der Waals surface area (Å²) in [6, 6.07) is 21.9. The number of nitrogens with one attached hydrogen (secondary N) is 1. The highest BCUT2D eigenvalue weighted by atomic mass is 19.1. The third kappa shape index (κ3) is 4.10. The van der Waals surface area contributed by atoms with Crippen LogP contribution >= 0.6 is 0 Å². The van der Waals surface area contributed by atoms with E-state index in [2.05, 4.69) is 70.4 Å². The van der Waals surface area contributed by atoms with Gasteiger partial charge in [0, 0.05) is 17.0 Å². The van der Waals surface area contributed by atoms with Crippen molar-refractivity contribution >= 4 is 10.9 Å². The first kappa shape index (κ1) is 19.5. The minimum atomic E-state index is -0.261. The van der Waals surface area contributed by atoms with Gasteiger partial charge in [-0.3, -0.25) is 10.00 Å². The second-order valence-electron chi connectivity index (χ2n) is 8.20. The van der Waals surface area contributed by atoms with Crippen molar-refractivity contribution in [1.82, 2.24) is 15.1 Å². The summed E-state index contributed by atoms with van der Waals surface area (Å²) >= 11 is 0. The van der Waals surface area contributed by atoms with E-state index in [0.29, 0.717) is 6.04 Å². The van der Waals surface area contributed by atoms with Crippen LogP contribution in [0.25, 0.3) is 22.0 Å². The lowest BCUT2D eigenvalue weighted by atomic mass is 9.94. The van der Waals surface area contributed by atoms with E-state index in [4.69, 9.17) is 0 Å². The number of likely N-dealkylation sites (tertiary alicyclic amines) is 1. The Morgan fingerprint density at radius 3 is 2.48 bits per heavy atom. The fraction of sp³-hybridized carbons (Fsp3) is 0.222. The number of piperidine rings is 1. The Morgan fingerprint density at radius 2 is 1.71 bits per heavy atom. The summed E-state index contributed by atoms with van der Waals surface area (Å²) in [6.07, 6.45) is 3.82. The van der Waals surface area contributed by atoms with Crippen LogP contribution in [0.3, 0.4) is 0 Å². The van der Waals surface area contributed by atoms with Crippen LogP contribution in [0.2, 0.25) is 0 Å². The molecule has 1 aliphatic heterocycles. The van der Waals surface area contributed by atoms with Crippen LogP contribution in [-0.2, 0) is 0 Å². The van der Waals surface area contributed by atoms with Gasteiger partial charge in [-0.1, -0.05) is 42.7 Å². The fourth-order valence-corrected chi connectivity index (χ4v) is 4.35. The number of aromatic nitrogens is 2. The normalized spacial score (nSPS) is 16.8. The molecule has 1 atom stereocenters. The summed E-state index contributed by atoms with van der Waals surface area (Å²) in [5.41, 5.74) is 6.13. The van der Waals surface area contributed by atoms with Crippen molar-refractivity contribution in [2.24, 2.45) is 0 Å². The first-order valence-electron chi connectivity index (χ1n) is 10.7. The number of benzene rings is 3. The molecule has 4 aromatic rings. The second kappa shape index (κ2) is 8.37. The smallest absolute Gasteiger partial charge is 0.123 e. The molecule has 154 valence electrons. The van der Waals surface area contributed by atoms with Crippen molar-refractivity contribution in [3.63, 3.8) is 0 Å². The molecule has 3 aromatic carbocycles. The summed E-state index contributed by atoms with van der Waals surface area (Å²) in [5, 5.41) is 8.39. The number of hydrogen-bond donors (Lipinski definition) is 1. The predicted octanol–water partition coefficient (Wildman–Crippen LogP) is 5.93. The van der Waals surface area contributed by atoms with E-state index >= 15 is 0 Å². The Hall–Kier alpha value is -3.42. The molecule has 0 amide bonds. The number of hydrogen-bond acceptors (Lipinski definition) is 2. The Balaban J connectivity index is 1.43. The number of halogens is 1. The van der Waals surface area contributed by atoms with E-state index in [9.17, 15) is 4.39 Å². The lowest BCUT2D eigenvalue weighted by molar-refractivity contribution is 0.187. The van der Waals surface area contributed by atoms with Crippen LogP contribution in [0.1, 0.15) is 42.1 Å². The molecule has 1 aliphatic rings. The van der Waals surface area contributed by atoms with E-state index in [0.717, 1.165) is 27.7 Å². The Kier molecular flexibility index (Phi) is 5.28. The third-order valence-electron chi connectivity index (χ3n) is 6.13. The number of aromatic amines is 1. The summed E-state index contributed by atoms with van der Waals surface area (Å²) in [4.78, 5) is 2.46. The van der Waals surface area contributed by atoms with Crippen LogP contribution in [-0.4, -0.2) is 28.7 Å². The molecular formula is C27H24FN3. The van der Waals surface area contributed by atoms with Gasteiger partial charge < -0.3 is 0 Å². The summed E-state index contributed by atoms with van der Waals surface area (Å²) in [6.45, 7) is 1.17. The zero-order valence-corrected chi connectivity index (χ0v) is 17.5. The molecule has 0 saturated carbocycles. The van der Waals surface area contributed by atoms with Crippen LogP contribution < -0.4 is 0 Å². The Bertz CT molecular complexity index is 1260. The van der Waals surface area contributed by atoms with Crippen LogP contribution in [0.5, 0.6) is 0 Å². The maximum atomic E-state index is 13.1. The van der Waals surface area contributed by atoms with Crippen molar-refractivity contribution < 1.29 is 4.39 Å². The second-order valence-corrected chi connectivity index (χ2v) is 8.20. The number of rotatable bonds is 2. The first-order chi connectivity index (χ1) is 15.2. The highest BCUT2D eigenvalue weighted by Gasteiger charge is 2.20. The monoisotopic (exact) mass is 409 g/mol. The van der Waals surface area contributed by atoms with Gasteiger partial charge in [0.15, 0.2) is 0 Å². The molecule has 1 unspecified atom stereocenters. The molecule has 0 spiro atoms. The molecular weight excluding hydrogens is 385 g/mol. The van der Waals surface area contributed by atoms with Crippen molar-refractivity contribution in [2.75, 3.05) is 13.6 Å². The highest BCUT2D eigenvalue weighted by Crippen LogP contribution is 2.31. The van der Waals surface area contributed by atoms with Gasteiger partial charge in [0.25, 0.3) is 0 Å². The van der Waals surface area contributed by atoms with E-state index in [1.165, 1.54) is 49.1 Å². The number of H-pyrrole nitrogens is 1. The van der Waals surface area contributed by atoms with Crippen LogP contribution in [0.15, 0.2) is 66.7 Å². The predicted molar refractivity (Wildman–Crippen MR) is 123 cm³/mol. The average Bonchev–Trinajstić information content (AvgIpc) is 3.21. The standard InChI is InChI=1S/C27H24FN3/c1-31-17-3-2-4-27(31)21-10-8-20(9-11-21)22-12-16-26-24(18-22)25(29-30-26)15-7-19-5-13-23(28)14-6-19/h5-6,8-14,16,18,27H,2-4,17H2,1H3,(H,29,30). The molecule has 4 heteroatoms. The van der Waals surface area contributed by atoms with Crippen molar-refractivity contribution in [1.29, 1.82) is 0 Å². The van der Waals surface area contributed by atoms with Gasteiger partial charge in [-0.05, 0) is 85.4 Å². The van der Waals surface area contributed by atoms with Gasteiger partial charge >= 0.3 is 0 Å². The lowest BCUT2D eigenvalue weighted by Gasteiger charge is -2.32. The number of fused-ring (bicyclic) bond motifs is 1. The summed E-state index contributed by atoms with van der Waals surface area (Å²) < 4.78 is 13.1. The molecule has 3 nitrogen and oxygen atoms in total. The molecule has 31 heavy (non-hydrogen) atoms. The highest BCUT2D eigenvalue weighted by molar-refractivity contribution is 5.88. The van der Waals surface area contributed by atoms with Gasteiger partial charge in [0.2, 0.25) is 0 Å². The van der Waals surface area contributed by atoms with E-state index in [1.807, 2.05) is 6.07 Å². The SMILES string of the molecule is CN1CCCCC1c1ccc(-c2ccc3n[nH]c(C#Cc4ccc(F)cc4)c3c2)cc1. The summed E-state index contributed by atoms with van der Waals surface area (Å²) in [5.74, 6) is 5.96. The maximum Gasteiger partial charge on any atom is 0.123 e. The van der Waals surface area contributed by atoms with Crippen LogP contribution in [0, 0.1) is 17.7 Å². The first-order valence-corrected chi connectivity index (χ1v) is 10.7. The van der Waals surface area contributed by atoms with E-state index < -0.39 is 0 Å². The zero-order valence-electron chi connectivity index (χ0n) is 17.5. The van der Waals surface area contributed by atoms with Gasteiger partial charge in [-0.15, -0.1) is 0 Å². The van der Waals surface area contributed by atoms with Crippen molar-refractivity contribution in [3.8, 4) is 23.0 Å². The van der Waals surface area contributed by atoms with E-state index in [-0.39, 0.29) is 5.82 Å².